The van der Waals surface area contributed by atoms with Crippen molar-refractivity contribution in [3.05, 3.63) is 40.6 Å². The third-order valence-electron chi connectivity index (χ3n) is 5.15. The molecule has 1 aromatic carbocycles. The normalized spacial score (nSPS) is 16.6. The Kier molecular flexibility index (Phi) is 4.09. The van der Waals surface area contributed by atoms with Crippen molar-refractivity contribution < 1.29 is 13.2 Å². The first-order valence-corrected chi connectivity index (χ1v) is 8.69. The van der Waals surface area contributed by atoms with Crippen molar-refractivity contribution in [1.29, 1.82) is 0 Å². The van der Waals surface area contributed by atoms with Crippen LogP contribution in [0.3, 0.4) is 0 Å². The van der Waals surface area contributed by atoms with E-state index in [4.69, 9.17) is 5.73 Å². The fraction of sp³-hybridized carbons (Fsp3) is 0.500. The zero-order valence-corrected chi connectivity index (χ0v) is 15.8. The van der Waals surface area contributed by atoms with Crippen molar-refractivity contribution >= 4 is 5.95 Å². The Morgan fingerprint density at radius 3 is 2.27 bits per heavy atom. The highest BCUT2D eigenvalue weighted by atomic mass is 19.4. The van der Waals surface area contributed by atoms with Crippen LogP contribution in [-0.2, 0) is 23.4 Å². The smallest absolute Gasteiger partial charge is 0.368 e. The number of hydrogen-bond donors (Lipinski definition) is 1. The van der Waals surface area contributed by atoms with Crippen LogP contribution in [0.25, 0.3) is 11.3 Å². The summed E-state index contributed by atoms with van der Waals surface area (Å²) < 4.78 is 39.6. The van der Waals surface area contributed by atoms with Crippen LogP contribution < -0.4 is 5.73 Å². The van der Waals surface area contributed by atoms with Gasteiger partial charge in [0.1, 0.15) is 0 Å². The van der Waals surface area contributed by atoms with Crippen LogP contribution >= 0.6 is 0 Å². The highest BCUT2D eigenvalue weighted by molar-refractivity contribution is 5.70. The minimum Gasteiger partial charge on any atom is -0.368 e. The SMILES string of the molecule is CC(C)(C)c1cc(-c2cc(C(F)(F)F)nc(N)n2)c2c(c1)C(C)(C)CC2. The molecule has 1 aliphatic carbocycles. The molecule has 140 valence electrons. The number of fused-ring (bicyclic) bond motifs is 1. The fourth-order valence-electron chi connectivity index (χ4n) is 3.53. The number of benzene rings is 1. The van der Waals surface area contributed by atoms with Gasteiger partial charge in [0.05, 0.1) is 5.69 Å². The number of alkyl halides is 3. The number of rotatable bonds is 1. The number of nitrogens with two attached hydrogens (primary N) is 1. The predicted octanol–water partition coefficient (Wildman–Crippen LogP) is 5.27. The molecule has 3 nitrogen and oxygen atoms in total. The summed E-state index contributed by atoms with van der Waals surface area (Å²) in [4.78, 5) is 7.50. The number of nitrogens with zero attached hydrogens (tertiary/aromatic N) is 2. The predicted molar refractivity (Wildman–Crippen MR) is 96.9 cm³/mol. The summed E-state index contributed by atoms with van der Waals surface area (Å²) in [5.74, 6) is -0.359. The van der Waals surface area contributed by atoms with Gasteiger partial charge in [-0.05, 0) is 52.5 Å². The summed E-state index contributed by atoms with van der Waals surface area (Å²) in [5, 5.41) is 0. The van der Waals surface area contributed by atoms with Gasteiger partial charge in [0.2, 0.25) is 5.95 Å². The maximum atomic E-state index is 13.2. The Morgan fingerprint density at radius 2 is 1.69 bits per heavy atom. The van der Waals surface area contributed by atoms with Crippen LogP contribution in [0.5, 0.6) is 0 Å². The second-order valence-electron chi connectivity index (χ2n) is 8.68. The molecule has 26 heavy (non-hydrogen) atoms. The molecule has 0 bridgehead atoms. The van der Waals surface area contributed by atoms with Gasteiger partial charge in [-0.15, -0.1) is 0 Å². The molecule has 0 spiro atoms. The Hall–Kier alpha value is -2.11. The lowest BCUT2D eigenvalue weighted by atomic mass is 9.79. The van der Waals surface area contributed by atoms with Crippen LogP contribution in [0.15, 0.2) is 18.2 Å². The summed E-state index contributed by atoms with van der Waals surface area (Å²) in [6, 6.07) is 5.16. The minimum atomic E-state index is -4.56. The van der Waals surface area contributed by atoms with Gasteiger partial charge in [-0.1, -0.05) is 40.7 Å². The zero-order chi connectivity index (χ0) is 19.5. The molecule has 2 aromatic rings. The van der Waals surface area contributed by atoms with Crippen molar-refractivity contribution in [3.8, 4) is 11.3 Å². The Balaban J connectivity index is 2.30. The van der Waals surface area contributed by atoms with E-state index < -0.39 is 11.9 Å². The number of hydrogen-bond acceptors (Lipinski definition) is 3. The Bertz CT molecular complexity index is 862. The second kappa shape index (κ2) is 5.69. The molecule has 1 heterocycles. The van der Waals surface area contributed by atoms with Gasteiger partial charge in [0.15, 0.2) is 5.69 Å². The van der Waals surface area contributed by atoms with Crippen molar-refractivity contribution in [2.45, 2.75) is 64.5 Å². The summed E-state index contributed by atoms with van der Waals surface area (Å²) in [6.45, 7) is 10.6. The number of aromatic nitrogens is 2. The van der Waals surface area contributed by atoms with Crippen LogP contribution in [-0.4, -0.2) is 9.97 Å². The van der Waals surface area contributed by atoms with Crippen LogP contribution in [0.2, 0.25) is 0 Å². The molecule has 0 unspecified atom stereocenters. The molecule has 2 N–H and O–H groups in total. The largest absolute Gasteiger partial charge is 0.433 e. The molecule has 3 rings (SSSR count). The molecular formula is C20H24F3N3. The molecule has 0 saturated carbocycles. The fourth-order valence-corrected chi connectivity index (χ4v) is 3.53. The number of halogens is 3. The zero-order valence-electron chi connectivity index (χ0n) is 15.8. The van der Waals surface area contributed by atoms with E-state index >= 15 is 0 Å². The second-order valence-corrected chi connectivity index (χ2v) is 8.68. The van der Waals surface area contributed by atoms with Gasteiger partial charge in [-0.3, -0.25) is 0 Å². The van der Waals surface area contributed by atoms with E-state index in [2.05, 4.69) is 50.7 Å². The lowest BCUT2D eigenvalue weighted by molar-refractivity contribution is -0.141. The lowest BCUT2D eigenvalue weighted by Crippen LogP contribution is -2.17. The van der Waals surface area contributed by atoms with E-state index in [1.54, 1.807) is 0 Å². The Morgan fingerprint density at radius 1 is 1.04 bits per heavy atom. The maximum absolute atomic E-state index is 13.2. The van der Waals surface area contributed by atoms with E-state index in [-0.39, 0.29) is 22.5 Å². The maximum Gasteiger partial charge on any atom is 0.433 e. The average molecular weight is 363 g/mol. The average Bonchev–Trinajstić information content (AvgIpc) is 2.80. The van der Waals surface area contributed by atoms with Gasteiger partial charge < -0.3 is 5.73 Å². The highest BCUT2D eigenvalue weighted by Gasteiger charge is 2.36. The van der Waals surface area contributed by atoms with Gasteiger partial charge in [0.25, 0.3) is 0 Å². The summed E-state index contributed by atoms with van der Waals surface area (Å²) in [6.07, 6.45) is -2.79. The van der Waals surface area contributed by atoms with E-state index in [1.165, 1.54) is 5.56 Å². The van der Waals surface area contributed by atoms with Gasteiger partial charge in [-0.2, -0.15) is 13.2 Å². The van der Waals surface area contributed by atoms with Crippen molar-refractivity contribution in [2.24, 2.45) is 0 Å². The molecule has 0 aliphatic heterocycles. The van der Waals surface area contributed by atoms with E-state index in [1.807, 2.05) is 6.07 Å². The van der Waals surface area contributed by atoms with Crippen LogP contribution in [0.1, 0.15) is 63.4 Å². The van der Waals surface area contributed by atoms with Crippen molar-refractivity contribution in [3.63, 3.8) is 0 Å². The lowest BCUT2D eigenvalue weighted by Gasteiger charge is -2.26. The quantitative estimate of drug-likeness (QED) is 0.751. The van der Waals surface area contributed by atoms with Gasteiger partial charge in [0, 0.05) is 5.56 Å². The molecule has 0 radical (unpaired) electrons. The molecule has 0 amide bonds. The molecule has 0 fully saturated rings. The monoisotopic (exact) mass is 363 g/mol. The van der Waals surface area contributed by atoms with Crippen molar-refractivity contribution in [1.82, 2.24) is 9.97 Å². The third-order valence-corrected chi connectivity index (χ3v) is 5.15. The topological polar surface area (TPSA) is 51.8 Å². The molecule has 6 heteroatoms. The summed E-state index contributed by atoms with van der Waals surface area (Å²) >= 11 is 0. The Labute approximate surface area is 151 Å². The van der Waals surface area contributed by atoms with Crippen LogP contribution in [0.4, 0.5) is 19.1 Å². The van der Waals surface area contributed by atoms with Crippen LogP contribution in [0, 0.1) is 0 Å². The first-order valence-electron chi connectivity index (χ1n) is 8.69. The molecular weight excluding hydrogens is 339 g/mol. The third kappa shape index (κ3) is 3.29. The standard InChI is InChI=1S/C20H24F3N3/c1-18(2,3)11-8-13(12-6-7-19(4,5)14(12)9-11)15-10-16(20(21,22)23)26-17(24)25-15/h8-10H,6-7H2,1-5H3,(H2,24,25,26). The minimum absolute atomic E-state index is 0.0171. The van der Waals surface area contributed by atoms with E-state index in [0.717, 1.165) is 35.6 Å². The van der Waals surface area contributed by atoms with Crippen molar-refractivity contribution in [2.75, 3.05) is 5.73 Å². The van der Waals surface area contributed by atoms with E-state index in [9.17, 15) is 13.2 Å². The molecule has 0 atom stereocenters. The molecule has 1 aliphatic rings. The number of nitrogen functional groups attached to an aromatic ring is 1. The van der Waals surface area contributed by atoms with Gasteiger partial charge in [-0.25, -0.2) is 9.97 Å². The summed E-state index contributed by atoms with van der Waals surface area (Å²) in [7, 11) is 0. The highest BCUT2D eigenvalue weighted by Crippen LogP contribution is 2.45. The summed E-state index contributed by atoms with van der Waals surface area (Å²) in [5.41, 5.74) is 8.74. The van der Waals surface area contributed by atoms with E-state index in [0.29, 0.717) is 0 Å². The first kappa shape index (κ1) is 18.7. The molecule has 0 saturated heterocycles. The van der Waals surface area contributed by atoms with Gasteiger partial charge >= 0.3 is 6.18 Å². The molecule has 1 aromatic heterocycles. The number of anilines is 1. The first-order chi connectivity index (χ1) is 11.8.